The van der Waals surface area contributed by atoms with E-state index in [1.54, 1.807) is 6.07 Å². The minimum absolute atomic E-state index is 0.360. The van der Waals surface area contributed by atoms with Crippen molar-refractivity contribution < 1.29 is 9.59 Å². The van der Waals surface area contributed by atoms with E-state index in [-0.39, 0.29) is 0 Å². The fourth-order valence-corrected chi connectivity index (χ4v) is 2.64. The Labute approximate surface area is 133 Å². The number of benzene rings is 2. The van der Waals surface area contributed by atoms with Crippen molar-refractivity contribution in [2.75, 3.05) is 4.90 Å². The van der Waals surface area contributed by atoms with E-state index < -0.39 is 18.2 Å². The monoisotopic (exact) mass is 311 g/mol. The minimum atomic E-state index is -0.732. The van der Waals surface area contributed by atoms with Crippen molar-refractivity contribution in [3.05, 3.63) is 65.7 Å². The van der Waals surface area contributed by atoms with Crippen LogP contribution in [0.1, 0.15) is 17.3 Å². The first-order chi connectivity index (χ1) is 11.1. The molecule has 4 amide bonds. The summed E-state index contributed by atoms with van der Waals surface area (Å²) in [6.07, 6.45) is -0.658. The summed E-state index contributed by atoms with van der Waals surface area (Å²) >= 11 is 0. The number of carbonyl (C=O) groups is 2. The van der Waals surface area contributed by atoms with Crippen LogP contribution < -0.4 is 21.8 Å². The molecule has 0 aliphatic carbocycles. The van der Waals surface area contributed by atoms with Gasteiger partial charge in [0.25, 0.3) is 0 Å². The molecule has 1 aliphatic heterocycles. The van der Waals surface area contributed by atoms with E-state index >= 15 is 0 Å². The molecule has 23 heavy (non-hydrogen) atoms. The highest BCUT2D eigenvalue weighted by Gasteiger charge is 2.41. The first kappa shape index (κ1) is 14.9. The summed E-state index contributed by atoms with van der Waals surface area (Å²) < 4.78 is 0. The van der Waals surface area contributed by atoms with Crippen molar-refractivity contribution >= 4 is 17.7 Å². The lowest BCUT2D eigenvalue weighted by molar-refractivity contribution is 0.179. The van der Waals surface area contributed by atoms with Crippen LogP contribution in [0, 0.1) is 0 Å². The average molecular weight is 311 g/mol. The van der Waals surface area contributed by atoms with Crippen molar-refractivity contribution in [3.8, 4) is 0 Å². The fourth-order valence-electron chi connectivity index (χ4n) is 2.64. The molecular formula is C16H17N5O2. The Morgan fingerprint density at radius 1 is 1.13 bits per heavy atom. The summed E-state index contributed by atoms with van der Waals surface area (Å²) in [4.78, 5) is 25.6. The molecule has 1 atom stereocenters. The van der Waals surface area contributed by atoms with Gasteiger partial charge in [0.2, 0.25) is 0 Å². The molecule has 0 bridgehead atoms. The molecule has 1 unspecified atom stereocenters. The second kappa shape index (κ2) is 5.98. The standard InChI is InChI=1S/C16H17N5O2/c17-10-11-5-4-8-13(9-11)20-14(12-6-2-1-3-7-12)21(15(18)22)19-16(20)23/h1-9,14H,10,17H2,(H2,18,22)(H,19,23). The normalized spacial score (nSPS) is 17.3. The Kier molecular flexibility index (Phi) is 3.86. The molecule has 7 heteroatoms. The average Bonchev–Trinajstić information content (AvgIpc) is 2.93. The maximum atomic E-state index is 12.4. The topological polar surface area (TPSA) is 105 Å². The van der Waals surface area contributed by atoms with E-state index in [0.29, 0.717) is 12.2 Å². The Morgan fingerprint density at radius 3 is 2.52 bits per heavy atom. The molecule has 2 aromatic rings. The third-order valence-electron chi connectivity index (χ3n) is 3.68. The van der Waals surface area contributed by atoms with Gasteiger partial charge in [-0.05, 0) is 23.3 Å². The lowest BCUT2D eigenvalue weighted by Crippen LogP contribution is -2.43. The molecule has 0 aromatic heterocycles. The van der Waals surface area contributed by atoms with Gasteiger partial charge >= 0.3 is 12.1 Å². The van der Waals surface area contributed by atoms with Crippen molar-refractivity contribution in [3.63, 3.8) is 0 Å². The van der Waals surface area contributed by atoms with Crippen molar-refractivity contribution in [2.45, 2.75) is 12.7 Å². The Bertz CT molecular complexity index is 734. The zero-order valence-electron chi connectivity index (χ0n) is 12.3. The highest BCUT2D eigenvalue weighted by Crippen LogP contribution is 2.33. The maximum absolute atomic E-state index is 12.4. The summed E-state index contributed by atoms with van der Waals surface area (Å²) in [5.74, 6) is 0. The van der Waals surface area contributed by atoms with Gasteiger partial charge in [0.05, 0.1) is 0 Å². The van der Waals surface area contributed by atoms with Crippen LogP contribution in [0.5, 0.6) is 0 Å². The SMILES string of the molecule is NCc1cccc(N2C(=O)NN(C(N)=O)C2c2ccccc2)c1. The van der Waals surface area contributed by atoms with Gasteiger partial charge in [-0.2, -0.15) is 0 Å². The molecule has 1 saturated heterocycles. The van der Waals surface area contributed by atoms with Gasteiger partial charge in [-0.15, -0.1) is 0 Å². The number of hydrogen-bond donors (Lipinski definition) is 3. The van der Waals surface area contributed by atoms with Gasteiger partial charge in [0, 0.05) is 12.2 Å². The van der Waals surface area contributed by atoms with Crippen LogP contribution in [-0.2, 0) is 6.54 Å². The number of carbonyl (C=O) groups excluding carboxylic acids is 2. The van der Waals surface area contributed by atoms with Gasteiger partial charge in [-0.25, -0.2) is 20.0 Å². The Morgan fingerprint density at radius 2 is 1.87 bits per heavy atom. The summed E-state index contributed by atoms with van der Waals surface area (Å²) in [5.41, 5.74) is 15.9. The maximum Gasteiger partial charge on any atom is 0.342 e. The van der Waals surface area contributed by atoms with Crippen LogP contribution in [0.4, 0.5) is 15.3 Å². The van der Waals surface area contributed by atoms with Crippen molar-refractivity contribution in [1.82, 2.24) is 10.4 Å². The zero-order chi connectivity index (χ0) is 16.4. The summed E-state index contributed by atoms with van der Waals surface area (Å²) in [6.45, 7) is 0.360. The van der Waals surface area contributed by atoms with Crippen LogP contribution in [0.15, 0.2) is 54.6 Å². The fraction of sp³-hybridized carbons (Fsp3) is 0.125. The second-order valence-corrected chi connectivity index (χ2v) is 5.15. The van der Waals surface area contributed by atoms with Gasteiger partial charge in [-0.1, -0.05) is 42.5 Å². The van der Waals surface area contributed by atoms with Gasteiger partial charge in [0.1, 0.15) is 0 Å². The van der Waals surface area contributed by atoms with Gasteiger partial charge < -0.3 is 11.5 Å². The molecule has 118 valence electrons. The van der Waals surface area contributed by atoms with Crippen molar-refractivity contribution in [2.24, 2.45) is 11.5 Å². The van der Waals surface area contributed by atoms with E-state index in [0.717, 1.165) is 16.1 Å². The Balaban J connectivity index is 2.08. The quantitative estimate of drug-likeness (QED) is 0.803. The summed E-state index contributed by atoms with van der Waals surface area (Å²) in [5, 5.41) is 1.12. The lowest BCUT2D eigenvalue weighted by atomic mass is 10.1. The lowest BCUT2D eigenvalue weighted by Gasteiger charge is -2.27. The van der Waals surface area contributed by atoms with Gasteiger partial charge in [0.15, 0.2) is 6.17 Å². The van der Waals surface area contributed by atoms with E-state index in [1.165, 1.54) is 4.90 Å². The predicted octanol–water partition coefficient (Wildman–Crippen LogP) is 1.67. The summed E-state index contributed by atoms with van der Waals surface area (Å²) in [6, 6.07) is 15.4. The number of nitrogens with one attached hydrogen (secondary N) is 1. The zero-order valence-corrected chi connectivity index (χ0v) is 12.3. The van der Waals surface area contributed by atoms with E-state index in [1.807, 2.05) is 48.5 Å². The number of hydrogen-bond acceptors (Lipinski definition) is 3. The van der Waals surface area contributed by atoms with E-state index in [4.69, 9.17) is 11.5 Å². The molecular weight excluding hydrogens is 294 g/mol. The number of nitrogens with two attached hydrogens (primary N) is 2. The second-order valence-electron chi connectivity index (χ2n) is 5.15. The predicted molar refractivity (Wildman–Crippen MR) is 85.9 cm³/mol. The number of amides is 4. The molecule has 2 aromatic carbocycles. The highest BCUT2D eigenvalue weighted by molar-refractivity contribution is 5.97. The van der Waals surface area contributed by atoms with Crippen LogP contribution in [0.25, 0.3) is 0 Å². The first-order valence-corrected chi connectivity index (χ1v) is 7.14. The van der Waals surface area contributed by atoms with Gasteiger partial charge in [-0.3, -0.25) is 4.90 Å². The molecule has 1 aliphatic rings. The number of rotatable bonds is 3. The van der Waals surface area contributed by atoms with E-state index in [9.17, 15) is 9.59 Å². The molecule has 3 rings (SSSR count). The van der Waals surface area contributed by atoms with Crippen LogP contribution in [0.2, 0.25) is 0 Å². The minimum Gasteiger partial charge on any atom is -0.350 e. The number of primary amides is 1. The number of urea groups is 2. The van der Waals surface area contributed by atoms with E-state index in [2.05, 4.69) is 5.43 Å². The smallest absolute Gasteiger partial charge is 0.342 e. The third-order valence-corrected chi connectivity index (χ3v) is 3.68. The van der Waals surface area contributed by atoms with Crippen molar-refractivity contribution in [1.29, 1.82) is 0 Å². The number of hydrazine groups is 1. The van der Waals surface area contributed by atoms with Crippen LogP contribution in [-0.4, -0.2) is 17.1 Å². The van der Waals surface area contributed by atoms with Crippen LogP contribution >= 0.6 is 0 Å². The number of anilines is 1. The summed E-state index contributed by atoms with van der Waals surface area (Å²) in [7, 11) is 0. The molecule has 1 fully saturated rings. The third kappa shape index (κ3) is 2.69. The molecule has 7 nitrogen and oxygen atoms in total. The largest absolute Gasteiger partial charge is 0.350 e. The molecule has 0 spiro atoms. The van der Waals surface area contributed by atoms with Crippen LogP contribution in [0.3, 0.4) is 0 Å². The molecule has 0 radical (unpaired) electrons. The number of nitrogens with zero attached hydrogens (tertiary/aromatic N) is 2. The highest BCUT2D eigenvalue weighted by atomic mass is 16.2. The Hall–Kier alpha value is -3.06. The molecule has 1 heterocycles. The first-order valence-electron chi connectivity index (χ1n) is 7.14. The molecule has 0 saturated carbocycles. The molecule has 5 N–H and O–H groups in total.